The van der Waals surface area contributed by atoms with E-state index in [4.69, 9.17) is 27.4 Å². The van der Waals surface area contributed by atoms with Gasteiger partial charge >= 0.3 is 0 Å². The molecule has 0 bridgehead atoms. The van der Waals surface area contributed by atoms with E-state index < -0.39 is 0 Å². The van der Waals surface area contributed by atoms with Gasteiger partial charge < -0.3 is 15.2 Å². The molecule has 1 rings (SSSR count). The Morgan fingerprint density at radius 3 is 2.37 bits per heavy atom. The molecule has 0 saturated heterocycles. The van der Waals surface area contributed by atoms with E-state index in [9.17, 15) is 0 Å². The number of thiocarbonyl (C=S) groups is 1. The van der Waals surface area contributed by atoms with Crippen LogP contribution in [0.1, 0.15) is 39.2 Å². The van der Waals surface area contributed by atoms with Gasteiger partial charge in [-0.1, -0.05) is 38.9 Å². The Morgan fingerprint density at radius 1 is 1.16 bits per heavy atom. The number of nitrogens with two attached hydrogens (primary N) is 1. The number of hydrogen-bond donors (Lipinski definition) is 1. The molecule has 0 aromatic heterocycles. The van der Waals surface area contributed by atoms with E-state index in [0.29, 0.717) is 29.9 Å². The summed E-state index contributed by atoms with van der Waals surface area (Å²) in [7, 11) is 0. The lowest BCUT2D eigenvalue weighted by molar-refractivity contribution is 0.225. The highest BCUT2D eigenvalue weighted by Gasteiger charge is 2.10. The quantitative estimate of drug-likeness (QED) is 0.740. The van der Waals surface area contributed by atoms with Crippen LogP contribution < -0.4 is 15.2 Å². The molecule has 3 nitrogen and oxygen atoms in total. The maximum absolute atomic E-state index is 5.86. The maximum Gasteiger partial charge on any atom is 0.161 e. The van der Waals surface area contributed by atoms with Crippen molar-refractivity contribution in [2.45, 2.75) is 33.6 Å². The zero-order valence-corrected chi connectivity index (χ0v) is 12.8. The van der Waals surface area contributed by atoms with Gasteiger partial charge in [-0.15, -0.1) is 0 Å². The molecule has 0 spiro atoms. The Hall–Kier alpha value is -1.29. The highest BCUT2D eigenvalue weighted by Crippen LogP contribution is 2.29. The van der Waals surface area contributed by atoms with Crippen molar-refractivity contribution in [2.24, 2.45) is 11.7 Å². The average Bonchev–Trinajstić information content (AvgIpc) is 2.41. The minimum Gasteiger partial charge on any atom is -0.490 e. The summed E-state index contributed by atoms with van der Waals surface area (Å²) in [4.78, 5) is 0.368. The smallest absolute Gasteiger partial charge is 0.161 e. The second kappa shape index (κ2) is 8.00. The Bertz CT molecular complexity index is 417. The van der Waals surface area contributed by atoms with Crippen LogP contribution >= 0.6 is 12.2 Å². The van der Waals surface area contributed by atoms with Gasteiger partial charge in [0.25, 0.3) is 0 Å². The van der Waals surface area contributed by atoms with Crippen LogP contribution in [0.5, 0.6) is 11.5 Å². The largest absolute Gasteiger partial charge is 0.490 e. The van der Waals surface area contributed by atoms with Gasteiger partial charge in [0.15, 0.2) is 11.5 Å². The van der Waals surface area contributed by atoms with Crippen LogP contribution in [0.15, 0.2) is 18.2 Å². The summed E-state index contributed by atoms with van der Waals surface area (Å²) in [5.74, 6) is 2.04. The monoisotopic (exact) mass is 281 g/mol. The zero-order valence-electron chi connectivity index (χ0n) is 11.9. The fourth-order valence-electron chi connectivity index (χ4n) is 1.78. The fraction of sp³-hybridized carbons (Fsp3) is 0.533. The van der Waals surface area contributed by atoms with Gasteiger partial charge in [-0.25, -0.2) is 0 Å². The van der Waals surface area contributed by atoms with Crippen LogP contribution in [-0.2, 0) is 0 Å². The van der Waals surface area contributed by atoms with E-state index in [1.165, 1.54) is 0 Å². The van der Waals surface area contributed by atoms with Crippen molar-refractivity contribution >= 4 is 17.2 Å². The molecular weight excluding hydrogens is 258 g/mol. The summed E-state index contributed by atoms with van der Waals surface area (Å²) in [5.41, 5.74) is 6.43. The Kier molecular flexibility index (Phi) is 6.64. The summed E-state index contributed by atoms with van der Waals surface area (Å²) in [6.07, 6.45) is 2.23. The van der Waals surface area contributed by atoms with Crippen LogP contribution in [0.4, 0.5) is 0 Å². The van der Waals surface area contributed by atoms with Crippen LogP contribution in [0, 0.1) is 5.92 Å². The van der Waals surface area contributed by atoms with E-state index in [0.717, 1.165) is 24.2 Å². The van der Waals surface area contributed by atoms with Crippen molar-refractivity contribution in [2.75, 3.05) is 13.2 Å². The van der Waals surface area contributed by atoms with Gasteiger partial charge in [-0.3, -0.25) is 0 Å². The second-order valence-corrected chi connectivity index (χ2v) is 4.89. The molecule has 0 unspecified atom stereocenters. The molecule has 1 aromatic carbocycles. The molecule has 106 valence electrons. The van der Waals surface area contributed by atoms with E-state index in [1.807, 2.05) is 25.1 Å². The van der Waals surface area contributed by atoms with Crippen molar-refractivity contribution < 1.29 is 9.47 Å². The molecule has 0 aliphatic rings. The number of rotatable bonds is 8. The average molecular weight is 281 g/mol. The highest BCUT2D eigenvalue weighted by molar-refractivity contribution is 7.80. The zero-order chi connectivity index (χ0) is 14.3. The SMILES string of the molecule is CCOc1cc(C(N)=S)ccc1OCC(CC)CC. The Labute approximate surface area is 121 Å². The predicted molar refractivity (Wildman–Crippen MR) is 83.1 cm³/mol. The van der Waals surface area contributed by atoms with Crippen molar-refractivity contribution in [1.29, 1.82) is 0 Å². The lowest BCUT2D eigenvalue weighted by Gasteiger charge is -2.17. The summed E-state index contributed by atoms with van der Waals surface area (Å²) in [5, 5.41) is 0. The Morgan fingerprint density at radius 2 is 1.84 bits per heavy atom. The van der Waals surface area contributed by atoms with Crippen LogP contribution in [-0.4, -0.2) is 18.2 Å². The van der Waals surface area contributed by atoms with Crippen molar-refractivity contribution in [3.05, 3.63) is 23.8 Å². The molecule has 0 aliphatic heterocycles. The van der Waals surface area contributed by atoms with Crippen molar-refractivity contribution in [1.82, 2.24) is 0 Å². The number of ether oxygens (including phenoxy) is 2. The molecular formula is C15H23NO2S. The molecule has 1 aromatic rings. The second-order valence-electron chi connectivity index (χ2n) is 4.45. The van der Waals surface area contributed by atoms with Gasteiger partial charge in [0.1, 0.15) is 4.99 Å². The third-order valence-corrected chi connectivity index (χ3v) is 3.39. The minimum atomic E-state index is 0.368. The molecule has 0 amide bonds. The van der Waals surface area contributed by atoms with Gasteiger partial charge in [0.05, 0.1) is 13.2 Å². The molecule has 19 heavy (non-hydrogen) atoms. The lowest BCUT2D eigenvalue weighted by Crippen LogP contribution is -2.12. The van der Waals surface area contributed by atoms with Gasteiger partial charge in [-0.2, -0.15) is 0 Å². The third-order valence-electron chi connectivity index (χ3n) is 3.16. The van der Waals surface area contributed by atoms with E-state index >= 15 is 0 Å². The van der Waals surface area contributed by atoms with E-state index in [1.54, 1.807) is 0 Å². The first-order valence-corrected chi connectivity index (χ1v) is 7.22. The number of hydrogen-bond acceptors (Lipinski definition) is 3. The molecule has 4 heteroatoms. The van der Waals surface area contributed by atoms with Gasteiger partial charge in [-0.05, 0) is 31.0 Å². The number of benzene rings is 1. The molecule has 0 saturated carbocycles. The Balaban J connectivity index is 2.84. The van der Waals surface area contributed by atoms with Gasteiger partial charge in [0.2, 0.25) is 0 Å². The summed E-state index contributed by atoms with van der Waals surface area (Å²) in [6, 6.07) is 5.59. The minimum absolute atomic E-state index is 0.368. The first-order valence-electron chi connectivity index (χ1n) is 6.81. The maximum atomic E-state index is 5.86. The molecule has 0 radical (unpaired) electrons. The van der Waals surface area contributed by atoms with Crippen LogP contribution in [0.2, 0.25) is 0 Å². The molecule has 0 atom stereocenters. The first kappa shape index (κ1) is 15.8. The molecule has 0 aliphatic carbocycles. The first-order chi connectivity index (χ1) is 9.12. The summed E-state index contributed by atoms with van der Waals surface area (Å²) < 4.78 is 11.4. The fourth-order valence-corrected chi connectivity index (χ4v) is 1.91. The van der Waals surface area contributed by atoms with Crippen LogP contribution in [0.3, 0.4) is 0 Å². The molecule has 0 heterocycles. The third kappa shape index (κ3) is 4.71. The van der Waals surface area contributed by atoms with Gasteiger partial charge in [0, 0.05) is 5.56 Å². The molecule has 2 N–H and O–H groups in total. The normalized spacial score (nSPS) is 10.5. The van der Waals surface area contributed by atoms with Crippen molar-refractivity contribution in [3.8, 4) is 11.5 Å². The summed E-state index contributed by atoms with van der Waals surface area (Å²) in [6.45, 7) is 7.59. The summed E-state index contributed by atoms with van der Waals surface area (Å²) >= 11 is 4.97. The standard InChI is InChI=1S/C15H23NO2S/c1-4-11(5-2)10-18-13-8-7-12(15(16)19)9-14(13)17-6-3/h7-9,11H,4-6,10H2,1-3H3,(H2,16,19). The molecule has 0 fully saturated rings. The van der Waals surface area contributed by atoms with Crippen LogP contribution in [0.25, 0.3) is 0 Å². The highest BCUT2D eigenvalue weighted by atomic mass is 32.1. The predicted octanol–water partition coefficient (Wildman–Crippen LogP) is 3.53. The van der Waals surface area contributed by atoms with E-state index in [-0.39, 0.29) is 0 Å². The van der Waals surface area contributed by atoms with Crippen molar-refractivity contribution in [3.63, 3.8) is 0 Å². The lowest BCUT2D eigenvalue weighted by atomic mass is 10.1. The topological polar surface area (TPSA) is 44.5 Å². The van der Waals surface area contributed by atoms with E-state index in [2.05, 4.69) is 13.8 Å².